The third kappa shape index (κ3) is 5.58. The van der Waals surface area contributed by atoms with Gasteiger partial charge in [-0.2, -0.15) is 18.3 Å². The SMILES string of the molecule is CCOC(=O)C1=C2C(c3ccccc3)=CC(N3CCOCC3)=NN2C(c2ccc(C(F)(F)F)cc2)C1C(=O)OCC. The molecule has 2 unspecified atom stereocenters. The minimum absolute atomic E-state index is 0.0458. The molecule has 41 heavy (non-hydrogen) atoms. The molecular formula is C30H30F3N3O5. The second kappa shape index (κ2) is 11.8. The maximum absolute atomic E-state index is 13.6. The lowest BCUT2D eigenvalue weighted by atomic mass is 9.88. The first kappa shape index (κ1) is 28.4. The van der Waals surface area contributed by atoms with Crippen LogP contribution >= 0.6 is 0 Å². The van der Waals surface area contributed by atoms with E-state index in [9.17, 15) is 22.8 Å². The van der Waals surface area contributed by atoms with Gasteiger partial charge in [0.25, 0.3) is 0 Å². The molecule has 8 nitrogen and oxygen atoms in total. The van der Waals surface area contributed by atoms with E-state index in [1.165, 1.54) is 12.1 Å². The molecule has 0 radical (unpaired) electrons. The van der Waals surface area contributed by atoms with Gasteiger partial charge in [0.2, 0.25) is 0 Å². The van der Waals surface area contributed by atoms with E-state index in [1.807, 2.05) is 41.3 Å². The number of allylic oxidation sites excluding steroid dienone is 1. The maximum atomic E-state index is 13.6. The number of halogens is 3. The number of nitrogens with zero attached hydrogens (tertiary/aromatic N) is 3. The molecule has 0 N–H and O–H groups in total. The lowest BCUT2D eigenvalue weighted by Gasteiger charge is -2.36. The first-order valence-electron chi connectivity index (χ1n) is 13.5. The monoisotopic (exact) mass is 569 g/mol. The predicted molar refractivity (Wildman–Crippen MR) is 144 cm³/mol. The predicted octanol–water partition coefficient (Wildman–Crippen LogP) is 4.80. The lowest BCUT2D eigenvalue weighted by Crippen LogP contribution is -2.42. The molecule has 0 aromatic heterocycles. The van der Waals surface area contributed by atoms with E-state index in [4.69, 9.17) is 19.3 Å². The minimum Gasteiger partial charge on any atom is -0.465 e. The Morgan fingerprint density at radius 2 is 1.63 bits per heavy atom. The minimum atomic E-state index is -4.54. The summed E-state index contributed by atoms with van der Waals surface area (Å²) in [6.07, 6.45) is -2.67. The molecule has 0 saturated carbocycles. The normalized spacial score (nSPS) is 20.8. The van der Waals surface area contributed by atoms with Gasteiger partial charge in [0, 0.05) is 18.7 Å². The van der Waals surface area contributed by atoms with E-state index in [-0.39, 0.29) is 18.8 Å². The second-order valence-corrected chi connectivity index (χ2v) is 9.60. The molecule has 216 valence electrons. The quantitative estimate of drug-likeness (QED) is 0.463. The number of morpholine rings is 1. The van der Waals surface area contributed by atoms with Crippen molar-refractivity contribution in [1.82, 2.24) is 9.91 Å². The van der Waals surface area contributed by atoms with Gasteiger partial charge in [0.1, 0.15) is 11.8 Å². The highest BCUT2D eigenvalue weighted by Gasteiger charge is 2.52. The zero-order valence-corrected chi connectivity index (χ0v) is 22.7. The van der Waals surface area contributed by atoms with Crippen molar-refractivity contribution in [1.29, 1.82) is 0 Å². The molecule has 3 heterocycles. The van der Waals surface area contributed by atoms with E-state index >= 15 is 0 Å². The highest BCUT2D eigenvalue weighted by atomic mass is 19.4. The summed E-state index contributed by atoms with van der Waals surface area (Å²) in [5, 5.41) is 6.48. The van der Waals surface area contributed by atoms with E-state index in [0.717, 1.165) is 17.7 Å². The summed E-state index contributed by atoms with van der Waals surface area (Å²) in [6, 6.07) is 12.9. The van der Waals surface area contributed by atoms with Gasteiger partial charge in [-0.1, -0.05) is 42.5 Å². The van der Waals surface area contributed by atoms with Crippen LogP contribution in [0.15, 0.2) is 77.0 Å². The molecular weight excluding hydrogens is 539 g/mol. The summed E-state index contributed by atoms with van der Waals surface area (Å²) in [6.45, 7) is 5.55. The van der Waals surface area contributed by atoms with Crippen molar-refractivity contribution in [3.8, 4) is 0 Å². The summed E-state index contributed by atoms with van der Waals surface area (Å²) in [5.41, 5.74) is 1.35. The Morgan fingerprint density at radius 1 is 0.976 bits per heavy atom. The molecule has 0 aliphatic carbocycles. The molecule has 0 bridgehead atoms. The summed E-state index contributed by atoms with van der Waals surface area (Å²) in [7, 11) is 0. The Labute approximate surface area is 235 Å². The van der Waals surface area contributed by atoms with Crippen molar-refractivity contribution >= 4 is 23.3 Å². The van der Waals surface area contributed by atoms with Crippen LogP contribution in [0.3, 0.4) is 0 Å². The van der Waals surface area contributed by atoms with Crippen LogP contribution in [0.2, 0.25) is 0 Å². The smallest absolute Gasteiger partial charge is 0.416 e. The number of hydrazone groups is 1. The van der Waals surface area contributed by atoms with Crippen molar-refractivity contribution in [3.63, 3.8) is 0 Å². The first-order valence-corrected chi connectivity index (χ1v) is 13.5. The molecule has 2 aromatic rings. The van der Waals surface area contributed by atoms with E-state index in [0.29, 0.717) is 49.0 Å². The summed E-state index contributed by atoms with van der Waals surface area (Å²) < 4.78 is 56.6. The zero-order chi connectivity index (χ0) is 29.1. The summed E-state index contributed by atoms with van der Waals surface area (Å²) in [4.78, 5) is 29.2. The molecule has 0 amide bonds. The van der Waals surface area contributed by atoms with Crippen LogP contribution in [0, 0.1) is 5.92 Å². The van der Waals surface area contributed by atoms with Crippen molar-refractivity contribution in [2.75, 3.05) is 39.5 Å². The molecule has 2 aromatic carbocycles. The Bertz CT molecular complexity index is 1380. The number of alkyl halides is 3. The number of amidine groups is 1. The lowest BCUT2D eigenvalue weighted by molar-refractivity contribution is -0.151. The van der Waals surface area contributed by atoms with Gasteiger partial charge < -0.3 is 19.1 Å². The zero-order valence-electron chi connectivity index (χ0n) is 22.7. The number of benzene rings is 2. The average molecular weight is 570 g/mol. The highest BCUT2D eigenvalue weighted by Crippen LogP contribution is 2.51. The number of hydrogen-bond acceptors (Lipinski definition) is 8. The Kier molecular flexibility index (Phi) is 8.16. The van der Waals surface area contributed by atoms with Gasteiger partial charge in [0.15, 0.2) is 0 Å². The second-order valence-electron chi connectivity index (χ2n) is 9.60. The van der Waals surface area contributed by atoms with Gasteiger partial charge in [-0.25, -0.2) is 4.79 Å². The number of rotatable bonds is 6. The number of carbonyl (C=O) groups excluding carboxylic acids is 2. The van der Waals surface area contributed by atoms with Crippen LogP contribution in [-0.2, 0) is 30.0 Å². The number of hydrogen-bond donors (Lipinski definition) is 0. The van der Waals surface area contributed by atoms with Gasteiger partial charge >= 0.3 is 18.1 Å². The molecule has 11 heteroatoms. The number of fused-ring (bicyclic) bond motifs is 1. The molecule has 5 rings (SSSR count). The fourth-order valence-corrected chi connectivity index (χ4v) is 5.33. The fourth-order valence-electron chi connectivity index (χ4n) is 5.33. The van der Waals surface area contributed by atoms with E-state index < -0.39 is 35.6 Å². The molecule has 3 aliphatic heterocycles. The molecule has 1 saturated heterocycles. The highest BCUT2D eigenvalue weighted by molar-refractivity contribution is 6.08. The Hall–Kier alpha value is -4.12. The number of esters is 2. The maximum Gasteiger partial charge on any atom is 0.416 e. The van der Waals surface area contributed by atoms with Crippen LogP contribution in [-0.4, -0.2) is 67.2 Å². The summed E-state index contributed by atoms with van der Waals surface area (Å²) in [5.74, 6) is -2.04. The number of carbonyl (C=O) groups is 2. The van der Waals surface area contributed by atoms with Crippen LogP contribution < -0.4 is 0 Å². The number of ether oxygens (including phenoxy) is 3. The van der Waals surface area contributed by atoms with Crippen molar-refractivity contribution in [2.24, 2.45) is 11.0 Å². The van der Waals surface area contributed by atoms with Crippen molar-refractivity contribution in [2.45, 2.75) is 26.1 Å². The largest absolute Gasteiger partial charge is 0.465 e. The summed E-state index contributed by atoms with van der Waals surface area (Å²) >= 11 is 0. The third-order valence-electron chi connectivity index (χ3n) is 7.15. The third-order valence-corrected chi connectivity index (χ3v) is 7.15. The molecule has 2 atom stereocenters. The molecule has 0 spiro atoms. The van der Waals surface area contributed by atoms with Crippen LogP contribution in [0.4, 0.5) is 13.2 Å². The standard InChI is InChI=1S/C30H30F3N3O5/c1-3-40-28(37)24-25(29(38)41-4-2)27-22(19-8-6-5-7-9-19)18-23(35-14-16-39-17-15-35)34-36(27)26(24)20-10-12-21(13-11-20)30(31,32)33/h5-13,18,24,26H,3-4,14-17H2,1-2H3. The topological polar surface area (TPSA) is 80.7 Å². The molecule has 3 aliphatic rings. The fraction of sp³-hybridized carbons (Fsp3) is 0.367. The first-order chi connectivity index (χ1) is 19.7. The van der Waals surface area contributed by atoms with E-state index in [2.05, 4.69) is 0 Å². The van der Waals surface area contributed by atoms with E-state index in [1.54, 1.807) is 18.9 Å². The van der Waals surface area contributed by atoms with Crippen molar-refractivity contribution < 1.29 is 37.0 Å². The van der Waals surface area contributed by atoms with Gasteiger partial charge in [-0.05, 0) is 43.2 Å². The Morgan fingerprint density at radius 3 is 2.24 bits per heavy atom. The average Bonchev–Trinajstić information content (AvgIpc) is 3.33. The van der Waals surface area contributed by atoms with Gasteiger partial charge in [0.05, 0.1) is 49.3 Å². The van der Waals surface area contributed by atoms with Gasteiger partial charge in [-0.15, -0.1) is 0 Å². The van der Waals surface area contributed by atoms with Crippen LogP contribution in [0.25, 0.3) is 5.57 Å². The van der Waals surface area contributed by atoms with Crippen LogP contribution in [0.5, 0.6) is 0 Å². The Balaban J connectivity index is 1.74. The van der Waals surface area contributed by atoms with Crippen LogP contribution in [0.1, 0.15) is 36.6 Å². The van der Waals surface area contributed by atoms with Crippen molar-refractivity contribution in [3.05, 3.63) is 88.6 Å². The van der Waals surface area contributed by atoms with Gasteiger partial charge in [-0.3, -0.25) is 9.80 Å². The molecule has 1 fully saturated rings.